The zero-order valence-electron chi connectivity index (χ0n) is 11.3. The average molecular weight is 227 g/mol. The van der Waals surface area contributed by atoms with Crippen molar-refractivity contribution in [3.8, 4) is 0 Å². The predicted molar refractivity (Wildman–Crippen MR) is 71.8 cm³/mol. The van der Waals surface area contributed by atoms with Gasteiger partial charge in [0.15, 0.2) is 0 Å². The van der Waals surface area contributed by atoms with Crippen molar-refractivity contribution in [3.63, 3.8) is 0 Å². The summed E-state index contributed by atoms with van der Waals surface area (Å²) in [5.41, 5.74) is 0. The molecule has 0 bridgehead atoms. The van der Waals surface area contributed by atoms with Gasteiger partial charge in [-0.2, -0.15) is 0 Å². The molecule has 0 aromatic rings. The van der Waals surface area contributed by atoms with Crippen LogP contribution in [0.1, 0.15) is 52.9 Å². The smallest absolute Gasteiger partial charge is 0.0699 e. The number of nitrogens with one attached hydrogen (secondary N) is 1. The highest BCUT2D eigenvalue weighted by Gasteiger charge is 2.15. The van der Waals surface area contributed by atoms with E-state index in [2.05, 4.69) is 32.7 Å². The molecule has 0 rings (SSSR count). The minimum Gasteiger partial charge on any atom is -0.377 e. The van der Waals surface area contributed by atoms with Crippen molar-refractivity contribution in [3.05, 3.63) is 12.7 Å². The first-order valence-electron chi connectivity index (χ1n) is 6.72. The van der Waals surface area contributed by atoms with Crippen molar-refractivity contribution in [2.24, 2.45) is 0 Å². The second-order valence-corrected chi connectivity index (χ2v) is 4.25. The summed E-state index contributed by atoms with van der Waals surface area (Å²) in [6, 6.07) is 0.508. The topological polar surface area (TPSA) is 21.3 Å². The molecule has 0 aliphatic carbocycles. The van der Waals surface area contributed by atoms with Crippen LogP contribution in [0.15, 0.2) is 12.7 Å². The van der Waals surface area contributed by atoms with Gasteiger partial charge in [0, 0.05) is 12.6 Å². The number of allylic oxidation sites excluding steroid dienone is 1. The van der Waals surface area contributed by atoms with Crippen molar-refractivity contribution in [1.29, 1.82) is 0 Å². The molecule has 0 aliphatic rings. The Hall–Kier alpha value is -0.340. The van der Waals surface area contributed by atoms with Crippen molar-refractivity contribution >= 4 is 0 Å². The van der Waals surface area contributed by atoms with Crippen molar-refractivity contribution in [2.75, 3.05) is 13.2 Å². The van der Waals surface area contributed by atoms with Gasteiger partial charge >= 0.3 is 0 Å². The molecular formula is C14H29NO. The fourth-order valence-corrected chi connectivity index (χ4v) is 1.97. The molecule has 2 unspecified atom stereocenters. The summed E-state index contributed by atoms with van der Waals surface area (Å²) in [6.45, 7) is 12.0. The summed E-state index contributed by atoms with van der Waals surface area (Å²) in [4.78, 5) is 0. The second-order valence-electron chi connectivity index (χ2n) is 4.25. The van der Waals surface area contributed by atoms with E-state index in [0.29, 0.717) is 12.1 Å². The lowest BCUT2D eigenvalue weighted by Crippen LogP contribution is -2.39. The molecule has 0 fully saturated rings. The van der Waals surface area contributed by atoms with Gasteiger partial charge in [-0.15, -0.1) is 6.58 Å². The van der Waals surface area contributed by atoms with Gasteiger partial charge in [-0.25, -0.2) is 0 Å². The Kier molecular flexibility index (Phi) is 10.9. The molecular weight excluding hydrogens is 198 g/mol. The zero-order valence-corrected chi connectivity index (χ0v) is 11.3. The molecule has 1 N–H and O–H groups in total. The highest BCUT2D eigenvalue weighted by Crippen LogP contribution is 2.10. The van der Waals surface area contributed by atoms with Gasteiger partial charge in [0.1, 0.15) is 0 Å². The summed E-state index contributed by atoms with van der Waals surface area (Å²) in [6.07, 6.45) is 8.54. The summed E-state index contributed by atoms with van der Waals surface area (Å²) in [5.74, 6) is 0. The SMILES string of the molecule is C=CCCCCCC(NCC)C(C)OCC. The van der Waals surface area contributed by atoms with E-state index in [1.54, 1.807) is 0 Å². The molecule has 0 aliphatic heterocycles. The zero-order chi connectivity index (χ0) is 12.2. The number of likely N-dealkylation sites (N-methyl/N-ethyl adjacent to an activating group) is 1. The number of rotatable bonds is 11. The molecule has 0 heterocycles. The van der Waals surface area contributed by atoms with E-state index >= 15 is 0 Å². The molecule has 16 heavy (non-hydrogen) atoms. The van der Waals surface area contributed by atoms with Gasteiger partial charge in [-0.1, -0.05) is 25.8 Å². The number of hydrogen-bond donors (Lipinski definition) is 1. The fourth-order valence-electron chi connectivity index (χ4n) is 1.97. The largest absolute Gasteiger partial charge is 0.377 e. The van der Waals surface area contributed by atoms with Crippen LogP contribution in [0.3, 0.4) is 0 Å². The molecule has 2 heteroatoms. The van der Waals surface area contributed by atoms with E-state index in [0.717, 1.165) is 19.6 Å². The van der Waals surface area contributed by atoms with Crippen molar-refractivity contribution < 1.29 is 4.74 Å². The van der Waals surface area contributed by atoms with Crippen LogP contribution in [0.4, 0.5) is 0 Å². The van der Waals surface area contributed by atoms with Gasteiger partial charge in [-0.3, -0.25) is 0 Å². The quantitative estimate of drug-likeness (QED) is 0.431. The third kappa shape index (κ3) is 7.89. The van der Waals surface area contributed by atoms with E-state index in [1.165, 1.54) is 25.7 Å². The van der Waals surface area contributed by atoms with Gasteiger partial charge in [0.05, 0.1) is 6.10 Å². The van der Waals surface area contributed by atoms with E-state index in [9.17, 15) is 0 Å². The minimum atomic E-state index is 0.323. The summed E-state index contributed by atoms with van der Waals surface area (Å²) >= 11 is 0. The lowest BCUT2D eigenvalue weighted by atomic mass is 10.0. The highest BCUT2D eigenvalue weighted by atomic mass is 16.5. The van der Waals surface area contributed by atoms with Crippen LogP contribution in [0.5, 0.6) is 0 Å². The summed E-state index contributed by atoms with van der Waals surface area (Å²) in [7, 11) is 0. The number of hydrogen-bond acceptors (Lipinski definition) is 2. The lowest BCUT2D eigenvalue weighted by molar-refractivity contribution is 0.0450. The first-order valence-corrected chi connectivity index (χ1v) is 6.72. The first kappa shape index (κ1) is 15.7. The van der Waals surface area contributed by atoms with Crippen LogP contribution < -0.4 is 5.32 Å². The lowest BCUT2D eigenvalue weighted by Gasteiger charge is -2.24. The second kappa shape index (κ2) is 11.2. The normalized spacial score (nSPS) is 14.7. The first-order chi connectivity index (χ1) is 7.76. The van der Waals surface area contributed by atoms with Crippen LogP contribution in [-0.4, -0.2) is 25.3 Å². The number of ether oxygens (including phenoxy) is 1. The van der Waals surface area contributed by atoms with Crippen LogP contribution in [-0.2, 0) is 4.74 Å². The van der Waals surface area contributed by atoms with Gasteiger partial charge < -0.3 is 10.1 Å². The van der Waals surface area contributed by atoms with E-state index in [1.807, 2.05) is 6.08 Å². The Morgan fingerprint density at radius 1 is 1.25 bits per heavy atom. The maximum absolute atomic E-state index is 5.66. The van der Waals surface area contributed by atoms with Gasteiger partial charge in [0.2, 0.25) is 0 Å². The minimum absolute atomic E-state index is 0.323. The molecule has 0 radical (unpaired) electrons. The van der Waals surface area contributed by atoms with E-state index in [-0.39, 0.29) is 0 Å². The monoisotopic (exact) mass is 227 g/mol. The summed E-state index contributed by atoms with van der Waals surface area (Å²) in [5, 5.41) is 3.51. The standard InChI is InChI=1S/C14H29NO/c1-5-8-9-10-11-12-14(15-6-2)13(4)16-7-3/h5,13-15H,1,6-12H2,2-4H3. The Labute approximate surface area is 101 Å². The van der Waals surface area contributed by atoms with Gasteiger partial charge in [-0.05, 0) is 39.7 Å². The number of unbranched alkanes of at least 4 members (excludes halogenated alkanes) is 3. The Balaban J connectivity index is 3.70. The third-order valence-electron chi connectivity index (χ3n) is 2.89. The molecule has 96 valence electrons. The summed E-state index contributed by atoms with van der Waals surface area (Å²) < 4.78 is 5.66. The Morgan fingerprint density at radius 2 is 2.00 bits per heavy atom. The third-order valence-corrected chi connectivity index (χ3v) is 2.89. The van der Waals surface area contributed by atoms with Gasteiger partial charge in [0.25, 0.3) is 0 Å². The molecule has 0 amide bonds. The Bertz CT molecular complexity index is 159. The highest BCUT2D eigenvalue weighted by molar-refractivity contribution is 4.73. The Morgan fingerprint density at radius 3 is 2.56 bits per heavy atom. The molecule has 0 saturated heterocycles. The molecule has 0 aromatic carbocycles. The molecule has 0 saturated carbocycles. The van der Waals surface area contributed by atoms with Crippen molar-refractivity contribution in [2.45, 2.75) is 65.0 Å². The molecule has 2 atom stereocenters. The molecule has 2 nitrogen and oxygen atoms in total. The van der Waals surface area contributed by atoms with Crippen LogP contribution in [0.25, 0.3) is 0 Å². The average Bonchev–Trinajstić information content (AvgIpc) is 2.27. The predicted octanol–water partition coefficient (Wildman–Crippen LogP) is 3.53. The van der Waals surface area contributed by atoms with E-state index in [4.69, 9.17) is 4.74 Å². The van der Waals surface area contributed by atoms with Crippen molar-refractivity contribution in [1.82, 2.24) is 5.32 Å². The molecule has 0 aromatic heterocycles. The van der Waals surface area contributed by atoms with Crippen LogP contribution in [0, 0.1) is 0 Å². The fraction of sp³-hybridized carbons (Fsp3) is 0.857. The maximum Gasteiger partial charge on any atom is 0.0699 e. The van der Waals surface area contributed by atoms with E-state index < -0.39 is 0 Å². The maximum atomic E-state index is 5.66. The van der Waals surface area contributed by atoms with Crippen LogP contribution >= 0.6 is 0 Å². The molecule has 0 spiro atoms. The van der Waals surface area contributed by atoms with Crippen LogP contribution in [0.2, 0.25) is 0 Å².